The maximum absolute atomic E-state index is 13.8. The number of piperazine rings is 1. The van der Waals surface area contributed by atoms with Crippen molar-refractivity contribution in [1.29, 1.82) is 0 Å². The standard InChI is InChI=1S/C22H22F3N3O4/c23-17-12-19(25)18(24)10-15(17)9-16(26)11-20(29)27-5-7-28(8-6-27)21(30)13-1-3-14(4-2-13)22(31)32/h1-4,10,12,16H,5-9,11,26H2,(H,31,32)/t16-/m1/s1. The predicted octanol–water partition coefficient (Wildman–Crippen LogP) is 2.05. The molecule has 0 unspecified atom stereocenters. The molecule has 170 valence electrons. The van der Waals surface area contributed by atoms with Crippen LogP contribution in [0.5, 0.6) is 0 Å². The van der Waals surface area contributed by atoms with Crippen LogP contribution in [0.15, 0.2) is 36.4 Å². The molecule has 0 spiro atoms. The van der Waals surface area contributed by atoms with Crippen molar-refractivity contribution in [1.82, 2.24) is 9.80 Å². The third-order valence-corrected chi connectivity index (χ3v) is 5.31. The number of carbonyl (C=O) groups is 3. The smallest absolute Gasteiger partial charge is 0.335 e. The first-order valence-electron chi connectivity index (χ1n) is 9.95. The first-order valence-corrected chi connectivity index (χ1v) is 9.95. The minimum atomic E-state index is -1.29. The summed E-state index contributed by atoms with van der Waals surface area (Å²) in [6.45, 7) is 1.14. The number of carboxylic acids is 1. The molecule has 2 aromatic rings. The molecule has 0 saturated carbocycles. The van der Waals surface area contributed by atoms with Crippen LogP contribution in [0.3, 0.4) is 0 Å². The van der Waals surface area contributed by atoms with Gasteiger partial charge in [0, 0.05) is 50.3 Å². The highest BCUT2D eigenvalue weighted by molar-refractivity contribution is 5.96. The Kier molecular flexibility index (Phi) is 7.14. The van der Waals surface area contributed by atoms with E-state index in [1.165, 1.54) is 24.3 Å². The lowest BCUT2D eigenvalue weighted by molar-refractivity contribution is -0.133. The Morgan fingerprint density at radius 3 is 2.00 bits per heavy atom. The fraction of sp³-hybridized carbons (Fsp3) is 0.318. The molecule has 2 amide bonds. The fourth-order valence-corrected chi connectivity index (χ4v) is 3.53. The first-order chi connectivity index (χ1) is 15.2. The predicted molar refractivity (Wildman–Crippen MR) is 108 cm³/mol. The van der Waals surface area contributed by atoms with Gasteiger partial charge in [-0.3, -0.25) is 9.59 Å². The van der Waals surface area contributed by atoms with Crippen LogP contribution >= 0.6 is 0 Å². The third-order valence-electron chi connectivity index (χ3n) is 5.31. The molecule has 10 heteroatoms. The third kappa shape index (κ3) is 5.44. The molecule has 1 aliphatic heterocycles. The number of aromatic carboxylic acids is 1. The maximum atomic E-state index is 13.8. The summed E-state index contributed by atoms with van der Waals surface area (Å²) in [4.78, 5) is 39.1. The SMILES string of the molecule is N[C@@H](CC(=O)N1CCN(C(=O)c2ccc(C(=O)O)cc2)CC1)Cc1cc(F)c(F)cc1F. The number of hydrogen-bond acceptors (Lipinski definition) is 4. The van der Waals surface area contributed by atoms with Gasteiger partial charge in [0.2, 0.25) is 5.91 Å². The van der Waals surface area contributed by atoms with Gasteiger partial charge < -0.3 is 20.6 Å². The molecule has 3 N–H and O–H groups in total. The average molecular weight is 449 g/mol. The molecule has 3 rings (SSSR count). The van der Waals surface area contributed by atoms with E-state index in [0.717, 1.165) is 6.07 Å². The summed E-state index contributed by atoms with van der Waals surface area (Å²) in [5, 5.41) is 8.93. The lowest BCUT2D eigenvalue weighted by Crippen LogP contribution is -2.51. The average Bonchev–Trinajstić information content (AvgIpc) is 2.77. The highest BCUT2D eigenvalue weighted by Gasteiger charge is 2.26. The molecule has 0 aliphatic carbocycles. The number of benzene rings is 2. The molecular formula is C22H22F3N3O4. The van der Waals surface area contributed by atoms with Gasteiger partial charge in [0.25, 0.3) is 5.91 Å². The van der Waals surface area contributed by atoms with Gasteiger partial charge in [-0.25, -0.2) is 18.0 Å². The van der Waals surface area contributed by atoms with E-state index in [2.05, 4.69) is 0 Å². The van der Waals surface area contributed by atoms with Gasteiger partial charge in [0.1, 0.15) is 5.82 Å². The Bertz CT molecular complexity index is 1020. The number of carbonyl (C=O) groups excluding carboxylic acids is 2. The highest BCUT2D eigenvalue weighted by Crippen LogP contribution is 2.17. The largest absolute Gasteiger partial charge is 0.478 e. The van der Waals surface area contributed by atoms with Gasteiger partial charge in [-0.1, -0.05) is 0 Å². The molecule has 2 aromatic carbocycles. The molecule has 1 heterocycles. The number of hydrogen-bond donors (Lipinski definition) is 2. The number of halogens is 3. The van der Waals surface area contributed by atoms with Crippen LogP contribution in [0.2, 0.25) is 0 Å². The molecule has 1 saturated heterocycles. The van der Waals surface area contributed by atoms with Gasteiger partial charge in [-0.05, 0) is 42.3 Å². The quantitative estimate of drug-likeness (QED) is 0.657. The Labute approximate surface area is 182 Å². The number of carboxylic acid groups (broad SMARTS) is 1. The number of amides is 2. The van der Waals surface area contributed by atoms with Gasteiger partial charge in [-0.2, -0.15) is 0 Å². The lowest BCUT2D eigenvalue weighted by atomic mass is 10.0. The Morgan fingerprint density at radius 1 is 0.875 bits per heavy atom. The van der Waals surface area contributed by atoms with Crippen LogP contribution in [0, 0.1) is 17.5 Å². The van der Waals surface area contributed by atoms with Crippen LogP contribution in [0.4, 0.5) is 13.2 Å². The molecule has 0 bridgehead atoms. The van der Waals surface area contributed by atoms with Crippen LogP contribution in [0.1, 0.15) is 32.7 Å². The Hall–Kier alpha value is -3.40. The van der Waals surface area contributed by atoms with E-state index >= 15 is 0 Å². The summed E-state index contributed by atoms with van der Waals surface area (Å²) < 4.78 is 40.1. The Balaban J connectivity index is 1.51. The van der Waals surface area contributed by atoms with Gasteiger partial charge in [0.15, 0.2) is 11.6 Å². The van der Waals surface area contributed by atoms with E-state index < -0.39 is 29.5 Å². The summed E-state index contributed by atoms with van der Waals surface area (Å²) in [6.07, 6.45) is -0.234. The van der Waals surface area contributed by atoms with Crippen molar-refractivity contribution in [2.24, 2.45) is 5.73 Å². The first kappa shape index (κ1) is 23.3. The molecular weight excluding hydrogens is 427 g/mol. The number of nitrogens with two attached hydrogens (primary N) is 1. The number of nitrogens with zero attached hydrogens (tertiary/aromatic N) is 2. The monoisotopic (exact) mass is 449 g/mol. The van der Waals surface area contributed by atoms with Crippen LogP contribution in [0.25, 0.3) is 0 Å². The van der Waals surface area contributed by atoms with E-state index in [1.807, 2.05) is 0 Å². The summed E-state index contributed by atoms with van der Waals surface area (Å²) >= 11 is 0. The Morgan fingerprint density at radius 2 is 1.41 bits per heavy atom. The van der Waals surface area contributed by atoms with Crippen molar-refractivity contribution in [3.8, 4) is 0 Å². The van der Waals surface area contributed by atoms with Crippen molar-refractivity contribution >= 4 is 17.8 Å². The van der Waals surface area contributed by atoms with E-state index in [-0.39, 0.29) is 62.0 Å². The van der Waals surface area contributed by atoms with E-state index in [0.29, 0.717) is 11.6 Å². The summed E-state index contributed by atoms with van der Waals surface area (Å²) in [5.41, 5.74) is 6.25. The van der Waals surface area contributed by atoms with Crippen LogP contribution in [-0.2, 0) is 11.2 Å². The lowest BCUT2D eigenvalue weighted by Gasteiger charge is -2.35. The van der Waals surface area contributed by atoms with Gasteiger partial charge >= 0.3 is 5.97 Å². The van der Waals surface area contributed by atoms with Crippen LogP contribution < -0.4 is 5.73 Å². The minimum absolute atomic E-state index is 0.0801. The minimum Gasteiger partial charge on any atom is -0.478 e. The second-order valence-corrected chi connectivity index (χ2v) is 7.58. The van der Waals surface area contributed by atoms with Crippen molar-refractivity contribution in [2.75, 3.05) is 26.2 Å². The summed E-state index contributed by atoms with van der Waals surface area (Å²) in [6, 6.07) is 6.00. The van der Waals surface area contributed by atoms with Crippen molar-refractivity contribution in [3.63, 3.8) is 0 Å². The summed E-state index contributed by atoms with van der Waals surface area (Å²) in [5.74, 6) is -5.02. The van der Waals surface area contributed by atoms with E-state index in [4.69, 9.17) is 10.8 Å². The molecule has 32 heavy (non-hydrogen) atoms. The molecule has 7 nitrogen and oxygen atoms in total. The number of rotatable bonds is 6. The normalized spacial score (nSPS) is 14.9. The zero-order valence-electron chi connectivity index (χ0n) is 17.1. The van der Waals surface area contributed by atoms with Gasteiger partial charge in [0.05, 0.1) is 5.56 Å². The zero-order valence-corrected chi connectivity index (χ0v) is 17.1. The topological polar surface area (TPSA) is 104 Å². The second-order valence-electron chi connectivity index (χ2n) is 7.58. The van der Waals surface area contributed by atoms with Crippen LogP contribution in [-0.4, -0.2) is 64.9 Å². The summed E-state index contributed by atoms with van der Waals surface area (Å²) in [7, 11) is 0. The zero-order chi connectivity index (χ0) is 23.4. The molecule has 1 atom stereocenters. The molecule has 0 radical (unpaired) electrons. The molecule has 1 fully saturated rings. The maximum Gasteiger partial charge on any atom is 0.335 e. The second kappa shape index (κ2) is 9.82. The van der Waals surface area contributed by atoms with Gasteiger partial charge in [-0.15, -0.1) is 0 Å². The highest BCUT2D eigenvalue weighted by atomic mass is 19.2. The molecule has 1 aliphatic rings. The molecule has 0 aromatic heterocycles. The van der Waals surface area contributed by atoms with E-state index in [1.54, 1.807) is 9.80 Å². The van der Waals surface area contributed by atoms with E-state index in [9.17, 15) is 27.6 Å². The van der Waals surface area contributed by atoms with Crippen molar-refractivity contribution in [3.05, 3.63) is 70.5 Å². The van der Waals surface area contributed by atoms with Crippen molar-refractivity contribution < 1.29 is 32.7 Å². The fourth-order valence-electron chi connectivity index (χ4n) is 3.53. The van der Waals surface area contributed by atoms with Crippen molar-refractivity contribution in [2.45, 2.75) is 18.9 Å².